The largest absolute Gasteiger partial charge is 0.444 e. The van der Waals surface area contributed by atoms with Crippen molar-refractivity contribution in [3.8, 4) is 0 Å². The number of amides is 1. The van der Waals surface area contributed by atoms with Gasteiger partial charge in [0.15, 0.2) is 0 Å². The lowest BCUT2D eigenvalue weighted by Gasteiger charge is -2.20. The molecule has 0 bridgehead atoms. The number of hydrogen-bond donors (Lipinski definition) is 3. The Morgan fingerprint density at radius 1 is 1.23 bits per heavy atom. The minimum atomic E-state index is -0.493. The molecule has 0 saturated carbocycles. The SMILES string of the molecule is CC(C)(C)OC(=O)Nc1cccc(NC2CCCNCC2)c1. The van der Waals surface area contributed by atoms with Gasteiger partial charge in [-0.15, -0.1) is 0 Å². The highest BCUT2D eigenvalue weighted by Gasteiger charge is 2.16. The van der Waals surface area contributed by atoms with E-state index in [0.717, 1.165) is 37.3 Å². The van der Waals surface area contributed by atoms with Crippen LogP contribution in [0.15, 0.2) is 24.3 Å². The summed E-state index contributed by atoms with van der Waals surface area (Å²) >= 11 is 0. The summed E-state index contributed by atoms with van der Waals surface area (Å²) in [6, 6.07) is 8.25. The molecular weight excluding hydrogens is 278 g/mol. The van der Waals surface area contributed by atoms with Crippen LogP contribution in [0.3, 0.4) is 0 Å². The minimum absolute atomic E-state index is 0.427. The van der Waals surface area contributed by atoms with E-state index >= 15 is 0 Å². The third-order valence-corrected chi connectivity index (χ3v) is 3.45. The molecule has 1 aromatic rings. The van der Waals surface area contributed by atoms with Gasteiger partial charge in [-0.3, -0.25) is 5.32 Å². The van der Waals surface area contributed by atoms with E-state index in [2.05, 4.69) is 16.0 Å². The fourth-order valence-electron chi connectivity index (χ4n) is 2.51. The molecule has 122 valence electrons. The van der Waals surface area contributed by atoms with Crippen molar-refractivity contribution in [1.82, 2.24) is 5.32 Å². The van der Waals surface area contributed by atoms with Crippen LogP contribution < -0.4 is 16.0 Å². The summed E-state index contributed by atoms with van der Waals surface area (Å²) in [5.74, 6) is 0. The first-order valence-corrected chi connectivity index (χ1v) is 8.00. The van der Waals surface area contributed by atoms with Crippen LogP contribution in [0.25, 0.3) is 0 Å². The molecule has 0 aliphatic carbocycles. The third-order valence-electron chi connectivity index (χ3n) is 3.45. The molecule has 3 N–H and O–H groups in total. The second-order valence-corrected chi connectivity index (χ2v) is 6.73. The highest BCUT2D eigenvalue weighted by atomic mass is 16.6. The van der Waals surface area contributed by atoms with Gasteiger partial charge in [-0.1, -0.05) is 6.07 Å². The lowest BCUT2D eigenvalue weighted by molar-refractivity contribution is 0.0636. The zero-order valence-corrected chi connectivity index (χ0v) is 13.7. The molecule has 1 heterocycles. The van der Waals surface area contributed by atoms with E-state index in [-0.39, 0.29) is 0 Å². The van der Waals surface area contributed by atoms with Crippen molar-refractivity contribution in [3.63, 3.8) is 0 Å². The van der Waals surface area contributed by atoms with Gasteiger partial charge in [0.1, 0.15) is 5.60 Å². The number of carbonyl (C=O) groups is 1. The van der Waals surface area contributed by atoms with Crippen molar-refractivity contribution in [2.45, 2.75) is 51.7 Å². The van der Waals surface area contributed by atoms with Crippen molar-refractivity contribution in [2.24, 2.45) is 0 Å². The first-order valence-electron chi connectivity index (χ1n) is 8.00. The minimum Gasteiger partial charge on any atom is -0.444 e. The highest BCUT2D eigenvalue weighted by molar-refractivity contribution is 5.85. The second-order valence-electron chi connectivity index (χ2n) is 6.73. The predicted octanol–water partition coefficient (Wildman–Crippen LogP) is 3.59. The number of ether oxygens (including phenoxy) is 1. The maximum Gasteiger partial charge on any atom is 0.412 e. The lowest BCUT2D eigenvalue weighted by Crippen LogP contribution is -2.27. The molecule has 1 saturated heterocycles. The molecule has 5 nitrogen and oxygen atoms in total. The van der Waals surface area contributed by atoms with Crippen molar-refractivity contribution in [1.29, 1.82) is 0 Å². The maximum absolute atomic E-state index is 11.8. The van der Waals surface area contributed by atoms with Crippen LogP contribution >= 0.6 is 0 Å². The van der Waals surface area contributed by atoms with Gasteiger partial charge >= 0.3 is 6.09 Å². The van der Waals surface area contributed by atoms with Gasteiger partial charge in [0.05, 0.1) is 0 Å². The molecule has 1 amide bonds. The first kappa shape index (κ1) is 16.6. The normalized spacial score (nSPS) is 19.1. The smallest absolute Gasteiger partial charge is 0.412 e. The van der Waals surface area contributed by atoms with E-state index in [1.54, 1.807) is 0 Å². The van der Waals surface area contributed by atoms with Crippen LogP contribution in [0.2, 0.25) is 0 Å². The summed E-state index contributed by atoms with van der Waals surface area (Å²) in [6.07, 6.45) is 3.04. The van der Waals surface area contributed by atoms with Crippen LogP contribution in [-0.4, -0.2) is 30.8 Å². The molecule has 1 aliphatic rings. The molecule has 1 atom stereocenters. The van der Waals surface area contributed by atoms with Gasteiger partial charge in [-0.2, -0.15) is 0 Å². The molecule has 1 aromatic carbocycles. The van der Waals surface area contributed by atoms with Crippen LogP contribution in [0.4, 0.5) is 16.2 Å². The van der Waals surface area contributed by atoms with Crippen LogP contribution in [-0.2, 0) is 4.74 Å². The zero-order valence-electron chi connectivity index (χ0n) is 13.7. The zero-order chi connectivity index (χ0) is 16.0. The van der Waals surface area contributed by atoms with E-state index in [9.17, 15) is 4.79 Å². The summed E-state index contributed by atoms with van der Waals surface area (Å²) in [4.78, 5) is 11.8. The third kappa shape index (κ3) is 5.93. The molecule has 22 heavy (non-hydrogen) atoms. The van der Waals surface area contributed by atoms with E-state index < -0.39 is 11.7 Å². The average molecular weight is 305 g/mol. The molecule has 0 radical (unpaired) electrons. The first-order chi connectivity index (χ1) is 10.4. The maximum atomic E-state index is 11.8. The summed E-state index contributed by atoms with van der Waals surface area (Å²) in [7, 11) is 0. The molecule has 1 unspecified atom stereocenters. The number of benzene rings is 1. The Kier molecular flexibility index (Phi) is 5.66. The Labute approximate surface area is 132 Å². The fourth-order valence-corrected chi connectivity index (χ4v) is 2.51. The number of nitrogens with one attached hydrogen (secondary N) is 3. The van der Waals surface area contributed by atoms with Gasteiger partial charge in [-0.25, -0.2) is 4.79 Å². The van der Waals surface area contributed by atoms with E-state index in [4.69, 9.17) is 4.74 Å². The van der Waals surface area contributed by atoms with E-state index in [0.29, 0.717) is 6.04 Å². The van der Waals surface area contributed by atoms with Crippen LogP contribution in [0.1, 0.15) is 40.0 Å². The standard InChI is InChI=1S/C17H27N3O2/c1-17(2,3)22-16(21)20-15-7-4-6-14(12-15)19-13-8-5-10-18-11-9-13/h4,6-7,12-13,18-19H,5,8-11H2,1-3H3,(H,20,21). The quantitative estimate of drug-likeness (QED) is 0.798. The van der Waals surface area contributed by atoms with E-state index in [1.165, 1.54) is 6.42 Å². The van der Waals surface area contributed by atoms with Crippen molar-refractivity contribution in [2.75, 3.05) is 23.7 Å². The monoisotopic (exact) mass is 305 g/mol. The Balaban J connectivity index is 1.93. The van der Waals surface area contributed by atoms with Crippen LogP contribution in [0.5, 0.6) is 0 Å². The Hall–Kier alpha value is -1.75. The average Bonchev–Trinajstić information content (AvgIpc) is 2.65. The number of rotatable bonds is 3. The summed E-state index contributed by atoms with van der Waals surface area (Å²) < 4.78 is 5.27. The summed E-state index contributed by atoms with van der Waals surface area (Å²) in [5, 5.41) is 9.73. The molecule has 1 aliphatic heterocycles. The van der Waals surface area contributed by atoms with Crippen molar-refractivity contribution < 1.29 is 9.53 Å². The number of carbonyl (C=O) groups excluding carboxylic acids is 1. The topological polar surface area (TPSA) is 62.4 Å². The lowest BCUT2D eigenvalue weighted by atomic mass is 10.1. The van der Waals surface area contributed by atoms with Gasteiger partial charge in [0.25, 0.3) is 0 Å². The molecule has 1 fully saturated rings. The molecule has 5 heteroatoms. The number of hydrogen-bond acceptors (Lipinski definition) is 4. The van der Waals surface area contributed by atoms with Crippen molar-refractivity contribution in [3.05, 3.63) is 24.3 Å². The Bertz CT molecular complexity index is 489. The van der Waals surface area contributed by atoms with Crippen LogP contribution in [0, 0.1) is 0 Å². The summed E-state index contributed by atoms with van der Waals surface area (Å²) in [5.41, 5.74) is 1.28. The van der Waals surface area contributed by atoms with Gasteiger partial charge in [-0.05, 0) is 71.3 Å². The van der Waals surface area contributed by atoms with Crippen molar-refractivity contribution >= 4 is 17.5 Å². The Morgan fingerprint density at radius 3 is 2.77 bits per heavy atom. The molecular formula is C17H27N3O2. The highest BCUT2D eigenvalue weighted by Crippen LogP contribution is 2.19. The van der Waals surface area contributed by atoms with Gasteiger partial charge < -0.3 is 15.4 Å². The molecule has 2 rings (SSSR count). The fraction of sp³-hybridized carbons (Fsp3) is 0.588. The molecule has 0 aromatic heterocycles. The van der Waals surface area contributed by atoms with E-state index in [1.807, 2.05) is 45.0 Å². The summed E-state index contributed by atoms with van der Waals surface area (Å²) in [6.45, 7) is 7.70. The van der Waals surface area contributed by atoms with Gasteiger partial charge in [0, 0.05) is 17.4 Å². The Morgan fingerprint density at radius 2 is 2.00 bits per heavy atom. The number of anilines is 2. The molecule has 0 spiro atoms. The predicted molar refractivity (Wildman–Crippen MR) is 90.4 cm³/mol. The second kappa shape index (κ2) is 7.49. The van der Waals surface area contributed by atoms with Gasteiger partial charge in [0.2, 0.25) is 0 Å².